The molecule has 0 aliphatic heterocycles. The van der Waals surface area contributed by atoms with Gasteiger partial charge in [-0.3, -0.25) is 4.79 Å². The van der Waals surface area contributed by atoms with Crippen LogP contribution in [-0.2, 0) is 16.0 Å². The van der Waals surface area contributed by atoms with Crippen molar-refractivity contribution in [1.29, 1.82) is 0 Å². The van der Waals surface area contributed by atoms with Crippen LogP contribution >= 0.6 is 11.6 Å². The van der Waals surface area contributed by atoms with Crippen molar-refractivity contribution >= 4 is 27.3 Å². The van der Waals surface area contributed by atoms with Crippen LogP contribution in [0.25, 0.3) is 0 Å². The van der Waals surface area contributed by atoms with Gasteiger partial charge in [0, 0.05) is 12.1 Å². The number of amides is 1. The Bertz CT molecular complexity index is 1110. The first kappa shape index (κ1) is 24.5. The molecule has 4 nitrogen and oxygen atoms in total. The van der Waals surface area contributed by atoms with Crippen LogP contribution in [0, 0.1) is 11.2 Å². The molecule has 2 aromatic carbocycles. The molecule has 0 atom stereocenters. The molecule has 0 spiro atoms. The lowest BCUT2D eigenvalue weighted by Crippen LogP contribution is -2.40. The summed E-state index contributed by atoms with van der Waals surface area (Å²) in [7, 11) is -3.92. The Morgan fingerprint density at radius 2 is 1.81 bits per heavy atom. The number of sulfone groups is 1. The molecule has 1 saturated carbocycles. The number of carbonyl (C=O) groups excluding carboxylic acids is 1. The van der Waals surface area contributed by atoms with Gasteiger partial charge < -0.3 is 5.32 Å². The maximum atomic E-state index is 13.3. The molecule has 0 aromatic heterocycles. The molecule has 1 aliphatic rings. The number of halogens is 5. The molecule has 1 N–H and O–H groups in total. The standard InChI is InChI=1S/C22H22ClF4NO3S/c1-21(13-28-20(29)14-5-6-19(24)18(23)11-14)9-7-16(8-10-21)32(30,31)17-4-2-3-15(12-17)22(25,26)27/h2-6,11-12,16H,7-10,13H2,1H3,(H,28,29). The van der Waals surface area contributed by atoms with Gasteiger partial charge in [-0.15, -0.1) is 0 Å². The van der Waals surface area contributed by atoms with E-state index in [1.165, 1.54) is 18.2 Å². The molecule has 2 aromatic rings. The minimum atomic E-state index is -4.62. The van der Waals surface area contributed by atoms with E-state index in [2.05, 4.69) is 5.32 Å². The van der Waals surface area contributed by atoms with Crippen LogP contribution in [0.15, 0.2) is 47.4 Å². The highest BCUT2D eigenvalue weighted by molar-refractivity contribution is 7.92. The highest BCUT2D eigenvalue weighted by atomic mass is 35.5. The average Bonchev–Trinajstić information content (AvgIpc) is 2.74. The molecule has 1 fully saturated rings. The Morgan fingerprint density at radius 1 is 1.16 bits per heavy atom. The van der Waals surface area contributed by atoms with Gasteiger partial charge >= 0.3 is 6.18 Å². The fraction of sp³-hybridized carbons (Fsp3) is 0.409. The third-order valence-electron chi connectivity index (χ3n) is 5.93. The maximum Gasteiger partial charge on any atom is 0.416 e. The van der Waals surface area contributed by atoms with E-state index in [4.69, 9.17) is 11.6 Å². The third kappa shape index (κ3) is 5.43. The Kier molecular flexibility index (Phi) is 6.91. The molecule has 174 valence electrons. The highest BCUT2D eigenvalue weighted by Gasteiger charge is 2.39. The van der Waals surface area contributed by atoms with Crippen molar-refractivity contribution in [2.75, 3.05) is 6.54 Å². The summed E-state index contributed by atoms with van der Waals surface area (Å²) in [5.41, 5.74) is -1.16. The largest absolute Gasteiger partial charge is 0.416 e. The van der Waals surface area contributed by atoms with E-state index in [1.807, 2.05) is 6.92 Å². The summed E-state index contributed by atoms with van der Waals surface area (Å²) in [6.45, 7) is 2.19. The van der Waals surface area contributed by atoms with Crippen molar-refractivity contribution in [3.8, 4) is 0 Å². The lowest BCUT2D eigenvalue weighted by molar-refractivity contribution is -0.137. The van der Waals surface area contributed by atoms with Crippen molar-refractivity contribution in [2.24, 2.45) is 5.41 Å². The van der Waals surface area contributed by atoms with Crippen molar-refractivity contribution in [3.05, 3.63) is 64.4 Å². The van der Waals surface area contributed by atoms with Gasteiger partial charge in [0.25, 0.3) is 5.91 Å². The van der Waals surface area contributed by atoms with Gasteiger partial charge in [0.05, 0.1) is 20.7 Å². The van der Waals surface area contributed by atoms with Crippen molar-refractivity contribution in [3.63, 3.8) is 0 Å². The van der Waals surface area contributed by atoms with Crippen LogP contribution in [0.5, 0.6) is 0 Å². The lowest BCUT2D eigenvalue weighted by Gasteiger charge is -2.37. The van der Waals surface area contributed by atoms with Crippen molar-refractivity contribution in [1.82, 2.24) is 5.32 Å². The predicted octanol–water partition coefficient (Wildman–Crippen LogP) is 5.65. The number of hydrogen-bond donors (Lipinski definition) is 1. The smallest absolute Gasteiger partial charge is 0.351 e. The second kappa shape index (κ2) is 9.02. The van der Waals surface area contributed by atoms with Crippen LogP contribution in [0.3, 0.4) is 0 Å². The minimum Gasteiger partial charge on any atom is -0.351 e. The number of alkyl halides is 3. The first-order valence-corrected chi connectivity index (χ1v) is 11.9. The molecule has 0 unspecified atom stereocenters. The first-order valence-electron chi connectivity index (χ1n) is 9.96. The van der Waals surface area contributed by atoms with Gasteiger partial charge in [-0.25, -0.2) is 12.8 Å². The molecule has 0 bridgehead atoms. The zero-order valence-corrected chi connectivity index (χ0v) is 18.7. The van der Waals surface area contributed by atoms with Gasteiger partial charge in [0.1, 0.15) is 5.82 Å². The Morgan fingerprint density at radius 3 is 2.41 bits per heavy atom. The number of benzene rings is 2. The zero-order valence-electron chi connectivity index (χ0n) is 17.2. The maximum absolute atomic E-state index is 13.3. The van der Waals surface area contributed by atoms with Gasteiger partial charge in [0.15, 0.2) is 9.84 Å². The number of rotatable bonds is 5. The van der Waals surface area contributed by atoms with Gasteiger partial charge in [-0.2, -0.15) is 13.2 Å². The minimum absolute atomic E-state index is 0.163. The third-order valence-corrected chi connectivity index (χ3v) is 8.48. The molecule has 1 aliphatic carbocycles. The predicted molar refractivity (Wildman–Crippen MR) is 113 cm³/mol. The van der Waals surface area contributed by atoms with Crippen LogP contribution in [0.2, 0.25) is 5.02 Å². The van der Waals surface area contributed by atoms with Crippen LogP contribution in [-0.4, -0.2) is 26.1 Å². The normalized spacial score (nSPS) is 21.9. The molecule has 0 saturated heterocycles. The topological polar surface area (TPSA) is 63.2 Å². The van der Waals surface area contributed by atoms with E-state index in [-0.39, 0.29) is 40.3 Å². The SMILES string of the molecule is CC1(CNC(=O)c2ccc(F)c(Cl)c2)CCC(S(=O)(=O)c2cccc(C(F)(F)F)c2)CC1. The molecule has 10 heteroatoms. The van der Waals surface area contributed by atoms with Gasteiger partial charge in [0.2, 0.25) is 0 Å². The summed E-state index contributed by atoms with van der Waals surface area (Å²) in [6.07, 6.45) is -3.13. The fourth-order valence-electron chi connectivity index (χ4n) is 3.85. The van der Waals surface area contributed by atoms with Crippen LogP contribution in [0.1, 0.15) is 48.5 Å². The van der Waals surface area contributed by atoms with E-state index >= 15 is 0 Å². The van der Waals surface area contributed by atoms with Crippen LogP contribution in [0.4, 0.5) is 17.6 Å². The summed E-state index contributed by atoms with van der Waals surface area (Å²) in [5, 5.41) is 1.82. The summed E-state index contributed by atoms with van der Waals surface area (Å²) in [6, 6.07) is 7.45. The number of carbonyl (C=O) groups is 1. The summed E-state index contributed by atoms with van der Waals surface area (Å²) >= 11 is 5.70. The second-order valence-electron chi connectivity index (χ2n) is 8.39. The monoisotopic (exact) mass is 491 g/mol. The lowest BCUT2D eigenvalue weighted by atomic mass is 9.75. The molecule has 3 rings (SSSR count). The Hall–Kier alpha value is -2.13. The van der Waals surface area contributed by atoms with Crippen molar-refractivity contribution < 1.29 is 30.8 Å². The van der Waals surface area contributed by atoms with E-state index in [0.717, 1.165) is 18.2 Å². The van der Waals surface area contributed by atoms with E-state index in [0.29, 0.717) is 18.9 Å². The Labute approximate surface area is 188 Å². The van der Waals surface area contributed by atoms with E-state index in [9.17, 15) is 30.8 Å². The Balaban J connectivity index is 1.63. The zero-order chi connectivity index (χ0) is 23.7. The first-order chi connectivity index (χ1) is 14.8. The van der Waals surface area contributed by atoms with Gasteiger partial charge in [-0.05, 0) is 67.5 Å². The molecule has 32 heavy (non-hydrogen) atoms. The van der Waals surface area contributed by atoms with Crippen molar-refractivity contribution in [2.45, 2.75) is 48.9 Å². The molecular formula is C22H22ClF4NO3S. The summed E-state index contributed by atoms with van der Waals surface area (Å²) in [4.78, 5) is 12.0. The molecule has 1 amide bonds. The molecular weight excluding hydrogens is 470 g/mol. The molecule has 0 heterocycles. The van der Waals surface area contributed by atoms with E-state index < -0.39 is 38.6 Å². The quantitative estimate of drug-likeness (QED) is 0.550. The molecule has 0 radical (unpaired) electrons. The number of hydrogen-bond acceptors (Lipinski definition) is 3. The average molecular weight is 492 g/mol. The van der Waals surface area contributed by atoms with Crippen LogP contribution < -0.4 is 5.32 Å². The second-order valence-corrected chi connectivity index (χ2v) is 11.0. The number of nitrogens with one attached hydrogen (secondary N) is 1. The summed E-state index contributed by atoms with van der Waals surface area (Å²) in [5.74, 6) is -1.05. The summed E-state index contributed by atoms with van der Waals surface area (Å²) < 4.78 is 78.0. The van der Waals surface area contributed by atoms with Gasteiger partial charge in [-0.1, -0.05) is 24.6 Å². The fourth-order valence-corrected chi connectivity index (χ4v) is 5.83. The highest BCUT2D eigenvalue weighted by Crippen LogP contribution is 2.40. The van der Waals surface area contributed by atoms with E-state index in [1.54, 1.807) is 0 Å².